The van der Waals surface area contributed by atoms with Crippen LogP contribution in [0.3, 0.4) is 0 Å². The largest absolute Gasteiger partial charge is 0.497 e. The number of rotatable bonds is 5. The number of hydrogen-bond donors (Lipinski definition) is 1. The number of aromatic hydroxyl groups is 1. The van der Waals surface area contributed by atoms with Gasteiger partial charge in [-0.2, -0.15) is 4.52 Å². The molecule has 2 unspecified atom stereocenters. The Morgan fingerprint density at radius 2 is 2.13 bits per heavy atom. The quantitative estimate of drug-likeness (QED) is 0.497. The maximum absolute atomic E-state index is 11.1. The molecule has 0 aliphatic carbocycles. The number of aromatic nitrogens is 4. The second-order valence-electron chi connectivity index (χ2n) is 7.86. The zero-order valence-electron chi connectivity index (χ0n) is 17.6. The highest BCUT2D eigenvalue weighted by molar-refractivity contribution is 7.17. The van der Waals surface area contributed by atoms with E-state index in [0.717, 1.165) is 35.6 Å². The second kappa shape index (κ2) is 8.28. The van der Waals surface area contributed by atoms with Crippen LogP contribution in [0.25, 0.3) is 4.96 Å². The van der Waals surface area contributed by atoms with Crippen LogP contribution in [0.15, 0.2) is 48.8 Å². The molecule has 4 heterocycles. The van der Waals surface area contributed by atoms with Crippen LogP contribution in [0.1, 0.15) is 53.2 Å². The molecule has 31 heavy (non-hydrogen) atoms. The minimum atomic E-state index is -0.144. The van der Waals surface area contributed by atoms with Crippen molar-refractivity contribution in [3.8, 4) is 11.6 Å². The molecular formula is C23H25N5O2S. The summed E-state index contributed by atoms with van der Waals surface area (Å²) in [4.78, 5) is 12.9. The molecule has 1 fully saturated rings. The van der Waals surface area contributed by atoms with Crippen LogP contribution >= 0.6 is 11.3 Å². The summed E-state index contributed by atoms with van der Waals surface area (Å²) >= 11 is 1.49. The van der Waals surface area contributed by atoms with Crippen molar-refractivity contribution in [1.29, 1.82) is 0 Å². The number of fused-ring (bicyclic) bond motifs is 1. The molecule has 0 spiro atoms. The molecule has 1 saturated heterocycles. The van der Waals surface area contributed by atoms with Gasteiger partial charge in [0.05, 0.1) is 18.0 Å². The molecule has 4 aromatic rings. The maximum atomic E-state index is 11.1. The standard InChI is InChI=1S/C23H25N5O2S/c1-15-25-23-28(26-15)22(29)21(31-23)20(16-7-5-9-18(13-16)30-2)27-12-4-3-10-19(27)17-8-6-11-24-14-17/h5-9,11,13-14,19-20,29H,3-4,10,12H2,1-2H3. The molecular weight excluding hydrogens is 410 g/mol. The van der Waals surface area contributed by atoms with Gasteiger partial charge in [-0.1, -0.05) is 36.0 Å². The molecule has 2 atom stereocenters. The molecule has 1 aromatic carbocycles. The topological polar surface area (TPSA) is 75.8 Å². The van der Waals surface area contributed by atoms with E-state index >= 15 is 0 Å². The molecule has 0 radical (unpaired) electrons. The van der Waals surface area contributed by atoms with E-state index in [1.165, 1.54) is 23.3 Å². The Kier molecular flexibility index (Phi) is 5.33. The molecule has 0 amide bonds. The number of hydrogen-bond acceptors (Lipinski definition) is 7. The van der Waals surface area contributed by atoms with Crippen LogP contribution in [0.4, 0.5) is 0 Å². The Hall–Kier alpha value is -2.97. The summed E-state index contributed by atoms with van der Waals surface area (Å²) in [5.41, 5.74) is 2.27. The average Bonchev–Trinajstić information content (AvgIpc) is 3.32. The van der Waals surface area contributed by atoms with Gasteiger partial charge in [0.15, 0.2) is 0 Å². The first-order valence-electron chi connectivity index (χ1n) is 10.5. The van der Waals surface area contributed by atoms with Gasteiger partial charge in [-0.3, -0.25) is 9.88 Å². The number of aryl methyl sites for hydroxylation is 1. The highest BCUT2D eigenvalue weighted by Crippen LogP contribution is 2.46. The van der Waals surface area contributed by atoms with Crippen molar-refractivity contribution in [2.75, 3.05) is 13.7 Å². The molecule has 8 heteroatoms. The zero-order chi connectivity index (χ0) is 21.4. The molecule has 5 rings (SSSR count). The maximum Gasteiger partial charge on any atom is 0.230 e. The van der Waals surface area contributed by atoms with E-state index in [0.29, 0.717) is 10.8 Å². The number of thiazole rings is 1. The van der Waals surface area contributed by atoms with Crippen LogP contribution in [0.2, 0.25) is 0 Å². The van der Waals surface area contributed by atoms with Gasteiger partial charge in [0.2, 0.25) is 10.8 Å². The van der Waals surface area contributed by atoms with Crippen LogP contribution in [-0.4, -0.2) is 43.2 Å². The van der Waals surface area contributed by atoms with Crippen molar-refractivity contribution >= 4 is 16.3 Å². The Morgan fingerprint density at radius 1 is 1.23 bits per heavy atom. The third-order valence-electron chi connectivity index (χ3n) is 5.91. The van der Waals surface area contributed by atoms with Crippen LogP contribution in [0, 0.1) is 6.92 Å². The van der Waals surface area contributed by atoms with Crippen LogP contribution in [-0.2, 0) is 0 Å². The Bertz CT molecular complexity index is 1190. The number of ether oxygens (including phenoxy) is 1. The lowest BCUT2D eigenvalue weighted by Crippen LogP contribution is -2.37. The van der Waals surface area contributed by atoms with Gasteiger partial charge in [-0.05, 0) is 55.6 Å². The van der Waals surface area contributed by atoms with Gasteiger partial charge < -0.3 is 9.84 Å². The van der Waals surface area contributed by atoms with Crippen molar-refractivity contribution in [1.82, 2.24) is 24.5 Å². The van der Waals surface area contributed by atoms with Gasteiger partial charge in [-0.25, -0.2) is 4.98 Å². The number of pyridine rings is 1. The second-order valence-corrected chi connectivity index (χ2v) is 8.87. The summed E-state index contributed by atoms with van der Waals surface area (Å²) < 4.78 is 7.06. The molecule has 7 nitrogen and oxygen atoms in total. The van der Waals surface area contributed by atoms with E-state index in [2.05, 4.69) is 38.2 Å². The van der Waals surface area contributed by atoms with Gasteiger partial charge in [-0.15, -0.1) is 5.10 Å². The fourth-order valence-electron chi connectivity index (χ4n) is 4.53. The highest BCUT2D eigenvalue weighted by atomic mass is 32.1. The Balaban J connectivity index is 1.67. The summed E-state index contributed by atoms with van der Waals surface area (Å²) in [6.45, 7) is 2.76. The number of nitrogens with zero attached hydrogens (tertiary/aromatic N) is 5. The predicted octanol–water partition coefficient (Wildman–Crippen LogP) is 4.53. The van der Waals surface area contributed by atoms with Crippen molar-refractivity contribution in [2.45, 2.75) is 38.3 Å². The van der Waals surface area contributed by atoms with Gasteiger partial charge in [0.1, 0.15) is 11.6 Å². The Labute approximate surface area is 185 Å². The minimum absolute atomic E-state index is 0.144. The molecule has 160 valence electrons. The normalized spacial score (nSPS) is 18.3. The van der Waals surface area contributed by atoms with Crippen molar-refractivity contribution < 1.29 is 9.84 Å². The fourth-order valence-corrected chi connectivity index (χ4v) is 5.67. The molecule has 1 aliphatic heterocycles. The minimum Gasteiger partial charge on any atom is -0.497 e. The highest BCUT2D eigenvalue weighted by Gasteiger charge is 2.36. The van der Waals surface area contributed by atoms with Gasteiger partial charge in [0.25, 0.3) is 0 Å². The molecule has 0 saturated carbocycles. The summed E-state index contributed by atoms with van der Waals surface area (Å²) in [5, 5.41) is 15.5. The van der Waals surface area contributed by atoms with E-state index in [-0.39, 0.29) is 18.0 Å². The van der Waals surface area contributed by atoms with Gasteiger partial charge in [0, 0.05) is 18.4 Å². The molecule has 3 aromatic heterocycles. The first kappa shape index (κ1) is 20.0. The lowest BCUT2D eigenvalue weighted by molar-refractivity contribution is 0.113. The van der Waals surface area contributed by atoms with E-state index in [9.17, 15) is 5.11 Å². The fraction of sp³-hybridized carbons (Fsp3) is 0.348. The smallest absolute Gasteiger partial charge is 0.230 e. The van der Waals surface area contributed by atoms with Gasteiger partial charge >= 0.3 is 0 Å². The third-order valence-corrected chi connectivity index (χ3v) is 6.98. The average molecular weight is 436 g/mol. The SMILES string of the molecule is COc1cccc(C(c2sc3nc(C)nn3c2O)N2CCCCC2c2cccnc2)c1. The van der Waals surface area contributed by atoms with Crippen LogP contribution < -0.4 is 4.74 Å². The molecule has 0 bridgehead atoms. The van der Waals surface area contributed by atoms with Crippen molar-refractivity contribution in [3.05, 3.63) is 70.6 Å². The summed E-state index contributed by atoms with van der Waals surface area (Å²) in [6.07, 6.45) is 7.09. The lowest BCUT2D eigenvalue weighted by atomic mass is 9.92. The first-order chi connectivity index (χ1) is 15.2. The van der Waals surface area contributed by atoms with E-state index in [4.69, 9.17) is 4.74 Å². The summed E-state index contributed by atoms with van der Waals surface area (Å²) in [6, 6.07) is 12.3. The first-order valence-corrected chi connectivity index (χ1v) is 11.3. The Morgan fingerprint density at radius 3 is 2.90 bits per heavy atom. The third kappa shape index (κ3) is 3.66. The monoisotopic (exact) mass is 435 g/mol. The summed E-state index contributed by atoms with van der Waals surface area (Å²) in [7, 11) is 1.68. The van der Waals surface area contributed by atoms with E-state index in [1.807, 2.05) is 37.5 Å². The number of methoxy groups -OCH3 is 1. The van der Waals surface area contributed by atoms with Crippen molar-refractivity contribution in [2.24, 2.45) is 0 Å². The van der Waals surface area contributed by atoms with Crippen LogP contribution in [0.5, 0.6) is 11.6 Å². The zero-order valence-corrected chi connectivity index (χ0v) is 18.4. The molecule has 1 N–H and O–H groups in total. The lowest BCUT2D eigenvalue weighted by Gasteiger charge is -2.41. The number of likely N-dealkylation sites (tertiary alicyclic amines) is 1. The molecule has 1 aliphatic rings. The van der Waals surface area contributed by atoms with Crippen molar-refractivity contribution in [3.63, 3.8) is 0 Å². The predicted molar refractivity (Wildman–Crippen MR) is 120 cm³/mol. The summed E-state index contributed by atoms with van der Waals surface area (Å²) in [5.74, 6) is 1.60. The van der Waals surface area contributed by atoms with E-state index < -0.39 is 0 Å². The number of piperidine rings is 1. The number of benzene rings is 1. The van der Waals surface area contributed by atoms with E-state index in [1.54, 1.807) is 11.6 Å².